The highest BCUT2D eigenvalue weighted by Gasteiger charge is 2.33. The van der Waals surface area contributed by atoms with Gasteiger partial charge in [0.1, 0.15) is 5.82 Å². The number of benzene rings is 2. The van der Waals surface area contributed by atoms with Gasteiger partial charge in [-0.2, -0.15) is 4.31 Å². The fraction of sp³-hybridized carbons (Fsp3) is 0.278. The molecule has 0 saturated carbocycles. The molecule has 1 amide bonds. The molecule has 0 aliphatic carbocycles. The van der Waals surface area contributed by atoms with Gasteiger partial charge in [0.05, 0.1) is 16.5 Å². The van der Waals surface area contributed by atoms with E-state index in [9.17, 15) is 17.6 Å². The van der Waals surface area contributed by atoms with Gasteiger partial charge in [-0.15, -0.1) is 0 Å². The predicted octanol–water partition coefficient (Wildman–Crippen LogP) is 3.47. The van der Waals surface area contributed by atoms with Crippen LogP contribution in [0.5, 0.6) is 0 Å². The van der Waals surface area contributed by atoms with E-state index in [0.29, 0.717) is 19.4 Å². The van der Waals surface area contributed by atoms with Crippen LogP contribution in [-0.2, 0) is 14.8 Å². The molecule has 26 heavy (non-hydrogen) atoms. The van der Waals surface area contributed by atoms with Gasteiger partial charge in [-0.3, -0.25) is 4.79 Å². The number of halogens is 2. The van der Waals surface area contributed by atoms with Gasteiger partial charge in [-0.25, -0.2) is 12.8 Å². The van der Waals surface area contributed by atoms with Crippen LogP contribution in [0, 0.1) is 15.3 Å². The molecule has 1 unspecified atom stereocenters. The molecule has 1 N–H and O–H groups in total. The van der Waals surface area contributed by atoms with E-state index in [0.717, 1.165) is 21.4 Å². The van der Waals surface area contributed by atoms with Crippen LogP contribution in [0.1, 0.15) is 12.8 Å². The SMILES string of the molecule is O=C(Nc1ccccc1I)C1CCCN(S(=O)(=O)c2ccc(F)cc2)C1. The van der Waals surface area contributed by atoms with Crippen molar-refractivity contribution in [1.82, 2.24) is 4.31 Å². The van der Waals surface area contributed by atoms with Gasteiger partial charge < -0.3 is 5.32 Å². The van der Waals surface area contributed by atoms with Gasteiger partial charge in [0.2, 0.25) is 15.9 Å². The molecule has 1 aliphatic rings. The van der Waals surface area contributed by atoms with Gasteiger partial charge >= 0.3 is 0 Å². The molecule has 0 bridgehead atoms. The summed E-state index contributed by atoms with van der Waals surface area (Å²) in [6.45, 7) is 0.474. The van der Waals surface area contributed by atoms with Gasteiger partial charge in [-0.05, 0) is 71.8 Å². The Labute approximate surface area is 165 Å². The summed E-state index contributed by atoms with van der Waals surface area (Å²) in [6.07, 6.45) is 1.23. The molecule has 138 valence electrons. The van der Waals surface area contributed by atoms with Crippen molar-refractivity contribution in [3.8, 4) is 0 Å². The van der Waals surface area contributed by atoms with E-state index < -0.39 is 21.8 Å². The first-order chi connectivity index (χ1) is 12.4. The molecule has 0 radical (unpaired) electrons. The lowest BCUT2D eigenvalue weighted by atomic mass is 9.99. The second kappa shape index (κ2) is 8.01. The van der Waals surface area contributed by atoms with Gasteiger partial charge in [0.25, 0.3) is 0 Å². The van der Waals surface area contributed by atoms with E-state index in [1.165, 1.54) is 16.4 Å². The molecule has 1 fully saturated rings. The van der Waals surface area contributed by atoms with Crippen molar-refractivity contribution in [2.45, 2.75) is 17.7 Å². The standard InChI is InChI=1S/C18H18FIN2O3S/c19-14-7-9-15(10-8-14)26(24,25)22-11-3-4-13(12-22)18(23)21-17-6-2-1-5-16(17)20/h1-2,5-10,13H,3-4,11-12H2,(H,21,23). The van der Waals surface area contributed by atoms with Crippen molar-refractivity contribution in [3.05, 3.63) is 57.9 Å². The van der Waals surface area contributed by atoms with E-state index in [1.807, 2.05) is 24.3 Å². The zero-order valence-corrected chi connectivity index (χ0v) is 16.8. The molecule has 1 aliphatic heterocycles. The summed E-state index contributed by atoms with van der Waals surface area (Å²) in [5, 5.41) is 2.88. The third kappa shape index (κ3) is 4.24. The maximum absolute atomic E-state index is 13.1. The highest BCUT2D eigenvalue weighted by molar-refractivity contribution is 14.1. The maximum Gasteiger partial charge on any atom is 0.243 e. The number of nitrogens with one attached hydrogen (secondary N) is 1. The number of carbonyl (C=O) groups excluding carboxylic acids is 1. The Morgan fingerprint density at radius 2 is 1.85 bits per heavy atom. The number of nitrogens with zero attached hydrogens (tertiary/aromatic N) is 1. The molecule has 1 heterocycles. The molecule has 0 aromatic heterocycles. The normalized spacial score (nSPS) is 18.5. The van der Waals surface area contributed by atoms with Gasteiger partial charge in [-0.1, -0.05) is 12.1 Å². The summed E-state index contributed by atoms with van der Waals surface area (Å²) in [5.41, 5.74) is 0.719. The van der Waals surface area contributed by atoms with Crippen molar-refractivity contribution < 1.29 is 17.6 Å². The lowest BCUT2D eigenvalue weighted by Gasteiger charge is -2.31. The smallest absolute Gasteiger partial charge is 0.243 e. The first-order valence-electron chi connectivity index (χ1n) is 8.19. The maximum atomic E-state index is 13.1. The van der Waals surface area contributed by atoms with E-state index in [2.05, 4.69) is 27.9 Å². The van der Waals surface area contributed by atoms with E-state index in [-0.39, 0.29) is 17.3 Å². The number of hydrogen-bond acceptors (Lipinski definition) is 3. The topological polar surface area (TPSA) is 66.5 Å². The zero-order chi connectivity index (χ0) is 18.7. The number of para-hydroxylation sites is 1. The van der Waals surface area contributed by atoms with Crippen LogP contribution in [0.4, 0.5) is 10.1 Å². The highest BCUT2D eigenvalue weighted by Crippen LogP contribution is 2.26. The summed E-state index contributed by atoms with van der Waals surface area (Å²) in [4.78, 5) is 12.6. The quantitative estimate of drug-likeness (QED) is 0.671. The van der Waals surface area contributed by atoms with Crippen molar-refractivity contribution in [2.75, 3.05) is 18.4 Å². The zero-order valence-electron chi connectivity index (χ0n) is 13.9. The third-order valence-electron chi connectivity index (χ3n) is 4.34. The molecule has 1 atom stereocenters. The third-order valence-corrected chi connectivity index (χ3v) is 7.16. The monoisotopic (exact) mass is 488 g/mol. The highest BCUT2D eigenvalue weighted by atomic mass is 127. The van der Waals surface area contributed by atoms with Gasteiger partial charge in [0, 0.05) is 16.7 Å². The summed E-state index contributed by atoms with van der Waals surface area (Å²) in [6, 6.07) is 12.2. The molecule has 3 rings (SSSR count). The Balaban J connectivity index is 1.73. The van der Waals surface area contributed by atoms with Crippen LogP contribution in [-0.4, -0.2) is 31.7 Å². The summed E-state index contributed by atoms with van der Waals surface area (Å²) in [7, 11) is -3.74. The largest absolute Gasteiger partial charge is 0.325 e. The molecule has 0 spiro atoms. The Kier molecular flexibility index (Phi) is 5.93. The summed E-state index contributed by atoms with van der Waals surface area (Å²) in [5.74, 6) is -1.10. The minimum atomic E-state index is -3.74. The molecule has 2 aromatic carbocycles. The average molecular weight is 488 g/mol. The van der Waals surface area contributed by atoms with Crippen LogP contribution in [0.25, 0.3) is 0 Å². The molecule has 1 saturated heterocycles. The first-order valence-corrected chi connectivity index (χ1v) is 10.7. The number of piperidine rings is 1. The second-order valence-electron chi connectivity index (χ2n) is 6.13. The van der Waals surface area contributed by atoms with Crippen LogP contribution in [0.15, 0.2) is 53.4 Å². The Bertz CT molecular complexity index is 903. The molecular weight excluding hydrogens is 470 g/mol. The average Bonchev–Trinajstić information content (AvgIpc) is 2.64. The summed E-state index contributed by atoms with van der Waals surface area (Å²) < 4.78 is 40.8. The van der Waals surface area contributed by atoms with E-state index in [4.69, 9.17) is 0 Å². The molecular formula is C18H18FIN2O3S. The summed E-state index contributed by atoms with van der Waals surface area (Å²) >= 11 is 2.14. The lowest BCUT2D eigenvalue weighted by Crippen LogP contribution is -2.43. The molecule has 5 nitrogen and oxygen atoms in total. The van der Waals surface area contributed by atoms with Crippen LogP contribution < -0.4 is 5.32 Å². The number of hydrogen-bond donors (Lipinski definition) is 1. The Hall–Kier alpha value is -1.52. The number of rotatable bonds is 4. The fourth-order valence-electron chi connectivity index (χ4n) is 2.93. The number of carbonyl (C=O) groups is 1. The van der Waals surface area contributed by atoms with Crippen molar-refractivity contribution in [3.63, 3.8) is 0 Å². The number of anilines is 1. The van der Waals surface area contributed by atoms with Crippen LogP contribution in [0.2, 0.25) is 0 Å². The molecule has 2 aromatic rings. The van der Waals surface area contributed by atoms with Crippen molar-refractivity contribution in [1.29, 1.82) is 0 Å². The van der Waals surface area contributed by atoms with Crippen molar-refractivity contribution >= 4 is 44.2 Å². The Morgan fingerprint density at radius 3 is 2.54 bits per heavy atom. The number of amides is 1. The van der Waals surface area contributed by atoms with E-state index in [1.54, 1.807) is 0 Å². The predicted molar refractivity (Wildman–Crippen MR) is 106 cm³/mol. The lowest BCUT2D eigenvalue weighted by molar-refractivity contribution is -0.120. The minimum Gasteiger partial charge on any atom is -0.325 e. The van der Waals surface area contributed by atoms with Crippen LogP contribution >= 0.6 is 22.6 Å². The van der Waals surface area contributed by atoms with E-state index >= 15 is 0 Å². The minimum absolute atomic E-state index is 0.0394. The van der Waals surface area contributed by atoms with Crippen LogP contribution in [0.3, 0.4) is 0 Å². The second-order valence-corrected chi connectivity index (χ2v) is 9.23. The molecule has 8 heteroatoms. The van der Waals surface area contributed by atoms with Gasteiger partial charge in [0.15, 0.2) is 0 Å². The number of sulfonamides is 1. The van der Waals surface area contributed by atoms with Crippen molar-refractivity contribution in [2.24, 2.45) is 5.92 Å². The fourth-order valence-corrected chi connectivity index (χ4v) is 4.97. The first kappa shape index (κ1) is 19.2. The Morgan fingerprint density at radius 1 is 1.15 bits per heavy atom.